The van der Waals surface area contributed by atoms with Gasteiger partial charge in [0.2, 0.25) is 5.91 Å². The second-order valence-electron chi connectivity index (χ2n) is 7.47. The molecular weight excluding hydrogens is 404 g/mol. The number of aromatic hydroxyl groups is 1. The maximum atomic E-state index is 12.0. The summed E-state index contributed by atoms with van der Waals surface area (Å²) in [6.45, 7) is 7.28. The molecule has 4 aromatic rings. The lowest BCUT2D eigenvalue weighted by Crippen LogP contribution is -2.32. The van der Waals surface area contributed by atoms with Gasteiger partial charge in [0, 0.05) is 25.1 Å². The van der Waals surface area contributed by atoms with Gasteiger partial charge in [-0.3, -0.25) is 4.79 Å². The quantitative estimate of drug-likeness (QED) is 0.485. The number of hydrogen-bond acceptors (Lipinski definition) is 6. The van der Waals surface area contributed by atoms with Gasteiger partial charge in [-0.1, -0.05) is 30.9 Å². The molecule has 1 amide bonds. The normalized spacial score (nSPS) is 12.7. The minimum absolute atomic E-state index is 0.137. The molecule has 4 rings (SSSR count). The fourth-order valence-electron chi connectivity index (χ4n) is 3.89. The Hall–Kier alpha value is -4.20. The molecule has 0 saturated carbocycles. The average Bonchev–Trinajstić information content (AvgIpc) is 3.27. The molecule has 1 atom stereocenters. The van der Waals surface area contributed by atoms with Gasteiger partial charge in [-0.25, -0.2) is 0 Å². The molecule has 2 aromatic heterocycles. The summed E-state index contributed by atoms with van der Waals surface area (Å²) in [6, 6.07) is 14.5. The Morgan fingerprint density at radius 2 is 1.97 bits per heavy atom. The number of carbonyl (C=O) groups excluding carboxylic acids is 1. The SMILES string of the molecule is C=CN(C)/C(=C\C)C(NC(C)=O)c1ccc2c(c1)c(-c1ccc(O)cc1)cc1nnnn12. The van der Waals surface area contributed by atoms with E-state index in [4.69, 9.17) is 0 Å². The van der Waals surface area contributed by atoms with Crippen LogP contribution in [0.25, 0.3) is 27.7 Å². The highest BCUT2D eigenvalue weighted by atomic mass is 16.3. The summed E-state index contributed by atoms with van der Waals surface area (Å²) >= 11 is 0. The minimum atomic E-state index is -0.373. The van der Waals surface area contributed by atoms with Gasteiger partial charge in [-0.15, -0.1) is 5.10 Å². The number of nitrogens with one attached hydrogen (secondary N) is 1. The Morgan fingerprint density at radius 3 is 2.62 bits per heavy atom. The minimum Gasteiger partial charge on any atom is -0.508 e. The number of nitrogens with zero attached hydrogens (tertiary/aromatic N) is 5. The van der Waals surface area contributed by atoms with Crippen molar-refractivity contribution >= 4 is 22.5 Å². The van der Waals surface area contributed by atoms with Gasteiger partial charge in [0.05, 0.1) is 11.6 Å². The Kier molecular flexibility index (Phi) is 5.59. The van der Waals surface area contributed by atoms with E-state index in [0.29, 0.717) is 5.65 Å². The molecule has 8 nitrogen and oxygen atoms in total. The first-order valence-electron chi connectivity index (χ1n) is 10.2. The highest BCUT2D eigenvalue weighted by molar-refractivity contribution is 5.97. The molecule has 0 fully saturated rings. The fraction of sp³-hybridized carbons (Fsp3) is 0.167. The molecule has 32 heavy (non-hydrogen) atoms. The lowest BCUT2D eigenvalue weighted by Gasteiger charge is -2.28. The number of hydrogen-bond donors (Lipinski definition) is 2. The maximum absolute atomic E-state index is 12.0. The number of amides is 1. The number of carbonyl (C=O) groups is 1. The van der Waals surface area contributed by atoms with Crippen LogP contribution in [0.1, 0.15) is 25.5 Å². The van der Waals surface area contributed by atoms with Crippen LogP contribution < -0.4 is 5.32 Å². The number of fused-ring (bicyclic) bond motifs is 3. The van der Waals surface area contributed by atoms with Gasteiger partial charge < -0.3 is 15.3 Å². The largest absolute Gasteiger partial charge is 0.508 e. The summed E-state index contributed by atoms with van der Waals surface area (Å²) in [6.07, 6.45) is 3.66. The number of pyridine rings is 1. The molecule has 0 aliphatic carbocycles. The molecule has 0 bridgehead atoms. The number of aromatic nitrogens is 4. The lowest BCUT2D eigenvalue weighted by molar-refractivity contribution is -0.119. The summed E-state index contributed by atoms with van der Waals surface area (Å²) in [5.74, 6) is 0.0569. The van der Waals surface area contributed by atoms with E-state index >= 15 is 0 Å². The molecule has 0 saturated heterocycles. The third-order valence-electron chi connectivity index (χ3n) is 5.44. The smallest absolute Gasteiger partial charge is 0.217 e. The van der Waals surface area contributed by atoms with Crippen LogP contribution in [-0.4, -0.2) is 43.0 Å². The zero-order chi connectivity index (χ0) is 22.8. The second-order valence-corrected chi connectivity index (χ2v) is 7.47. The van der Waals surface area contributed by atoms with Crippen molar-refractivity contribution in [2.45, 2.75) is 19.9 Å². The van der Waals surface area contributed by atoms with Crippen LogP contribution in [0.3, 0.4) is 0 Å². The Bertz CT molecular complexity index is 1340. The van der Waals surface area contributed by atoms with Crippen molar-refractivity contribution in [3.8, 4) is 16.9 Å². The summed E-state index contributed by atoms with van der Waals surface area (Å²) in [5.41, 5.74) is 5.09. The van der Waals surface area contributed by atoms with E-state index in [1.54, 1.807) is 22.8 Å². The van der Waals surface area contributed by atoms with Crippen LogP contribution in [-0.2, 0) is 4.79 Å². The van der Waals surface area contributed by atoms with Crippen molar-refractivity contribution in [1.29, 1.82) is 0 Å². The number of allylic oxidation sites excluding steroid dienone is 1. The predicted molar refractivity (Wildman–Crippen MR) is 124 cm³/mol. The summed E-state index contributed by atoms with van der Waals surface area (Å²) in [5, 5.41) is 25.7. The first-order chi connectivity index (χ1) is 15.4. The van der Waals surface area contributed by atoms with E-state index in [1.807, 2.05) is 61.3 Å². The Morgan fingerprint density at radius 1 is 1.22 bits per heavy atom. The summed E-state index contributed by atoms with van der Waals surface area (Å²) in [4.78, 5) is 13.9. The van der Waals surface area contributed by atoms with Crippen molar-refractivity contribution in [2.24, 2.45) is 0 Å². The van der Waals surface area contributed by atoms with Gasteiger partial charge >= 0.3 is 0 Å². The molecule has 2 heterocycles. The number of phenolic OH excluding ortho intramolecular Hbond substituents is 1. The summed E-state index contributed by atoms with van der Waals surface area (Å²) in [7, 11) is 1.89. The third-order valence-corrected chi connectivity index (χ3v) is 5.44. The molecule has 8 heteroatoms. The fourth-order valence-corrected chi connectivity index (χ4v) is 3.89. The van der Waals surface area contributed by atoms with E-state index in [0.717, 1.165) is 33.3 Å². The van der Waals surface area contributed by atoms with Crippen LogP contribution >= 0.6 is 0 Å². The summed E-state index contributed by atoms with van der Waals surface area (Å²) < 4.78 is 1.68. The van der Waals surface area contributed by atoms with Crippen LogP contribution in [0.15, 0.2) is 73.1 Å². The van der Waals surface area contributed by atoms with E-state index in [9.17, 15) is 9.90 Å². The monoisotopic (exact) mass is 428 g/mol. The van der Waals surface area contributed by atoms with Crippen LogP contribution in [0.4, 0.5) is 0 Å². The van der Waals surface area contributed by atoms with Gasteiger partial charge in [0.1, 0.15) is 5.75 Å². The lowest BCUT2D eigenvalue weighted by atomic mass is 9.95. The Balaban J connectivity index is 1.98. The third kappa shape index (κ3) is 3.78. The predicted octanol–water partition coefficient (Wildman–Crippen LogP) is 3.81. The van der Waals surface area contributed by atoms with E-state index in [-0.39, 0.29) is 17.7 Å². The number of likely N-dealkylation sites (N-methyl/N-ethyl adjacent to an activating group) is 1. The molecule has 0 aliphatic rings. The number of phenols is 1. The second kappa shape index (κ2) is 8.50. The maximum Gasteiger partial charge on any atom is 0.217 e. The molecule has 162 valence electrons. The van der Waals surface area contributed by atoms with Gasteiger partial charge in [0.15, 0.2) is 5.65 Å². The zero-order valence-electron chi connectivity index (χ0n) is 18.1. The van der Waals surface area contributed by atoms with Crippen molar-refractivity contribution in [1.82, 2.24) is 30.3 Å². The standard InChI is InChI=1S/C24H24N6O2/c1-5-21(29(4)6-2)24(25-15(3)31)17-9-12-22-20(13-17)19(14-23-26-27-28-30(22)23)16-7-10-18(32)11-8-16/h5-14,24,32H,2H2,1,3-4H3,(H,25,31)/b21-5-. The number of tetrazole rings is 1. The number of benzene rings is 2. The topological polar surface area (TPSA) is 95.7 Å². The van der Waals surface area contributed by atoms with Crippen LogP contribution in [0.2, 0.25) is 0 Å². The molecule has 0 aliphatic heterocycles. The average molecular weight is 428 g/mol. The zero-order valence-corrected chi connectivity index (χ0v) is 18.1. The van der Waals surface area contributed by atoms with Crippen LogP contribution in [0.5, 0.6) is 5.75 Å². The van der Waals surface area contributed by atoms with Gasteiger partial charge in [-0.2, -0.15) is 4.52 Å². The molecular formula is C24H24N6O2. The van der Waals surface area contributed by atoms with Crippen LogP contribution in [0, 0.1) is 0 Å². The van der Waals surface area contributed by atoms with Crippen molar-refractivity contribution in [2.75, 3.05) is 7.05 Å². The van der Waals surface area contributed by atoms with Crippen molar-refractivity contribution < 1.29 is 9.90 Å². The van der Waals surface area contributed by atoms with E-state index in [1.165, 1.54) is 6.92 Å². The first kappa shape index (κ1) is 21.0. The van der Waals surface area contributed by atoms with Crippen molar-refractivity contribution in [3.63, 3.8) is 0 Å². The number of rotatable bonds is 6. The Labute approximate surface area is 185 Å². The highest BCUT2D eigenvalue weighted by Gasteiger charge is 2.21. The molecule has 1 unspecified atom stereocenters. The molecule has 0 radical (unpaired) electrons. The van der Waals surface area contributed by atoms with Gasteiger partial charge in [0.25, 0.3) is 0 Å². The molecule has 2 aromatic carbocycles. The molecule has 0 spiro atoms. The van der Waals surface area contributed by atoms with Gasteiger partial charge in [-0.05, 0) is 70.6 Å². The van der Waals surface area contributed by atoms with E-state index < -0.39 is 0 Å². The van der Waals surface area contributed by atoms with Crippen molar-refractivity contribution in [3.05, 3.63) is 78.6 Å². The van der Waals surface area contributed by atoms with E-state index in [2.05, 4.69) is 27.4 Å². The highest BCUT2D eigenvalue weighted by Crippen LogP contribution is 2.34. The molecule has 2 N–H and O–H groups in total. The first-order valence-corrected chi connectivity index (χ1v) is 10.2.